The van der Waals surface area contributed by atoms with Gasteiger partial charge in [-0.1, -0.05) is 60.7 Å². The van der Waals surface area contributed by atoms with Crippen molar-refractivity contribution >= 4 is 17.7 Å². The summed E-state index contributed by atoms with van der Waals surface area (Å²) in [6.07, 6.45) is 0.975. The number of rotatable bonds is 9. The fourth-order valence-electron chi connectivity index (χ4n) is 3.08. The summed E-state index contributed by atoms with van der Waals surface area (Å²) in [5.41, 5.74) is 0.723. The van der Waals surface area contributed by atoms with Gasteiger partial charge in [-0.2, -0.15) is 0 Å². The summed E-state index contributed by atoms with van der Waals surface area (Å²) in [7, 11) is 0. The number of aromatic nitrogens is 2. The molecule has 158 valence electrons. The first-order valence-electron chi connectivity index (χ1n) is 9.71. The second-order valence-corrected chi connectivity index (χ2v) is 6.87. The molecule has 3 rings (SSSR count). The molecule has 0 aliphatic rings. The molecular formula is C23H21N3O5. The topological polar surface area (TPSA) is 129 Å². The highest BCUT2D eigenvalue weighted by atomic mass is 16.4. The van der Waals surface area contributed by atoms with E-state index in [1.54, 1.807) is 0 Å². The van der Waals surface area contributed by atoms with E-state index in [0.29, 0.717) is 0 Å². The van der Waals surface area contributed by atoms with Gasteiger partial charge in [-0.05, 0) is 17.5 Å². The van der Waals surface area contributed by atoms with Gasteiger partial charge >= 0.3 is 5.97 Å². The number of ketones is 1. The van der Waals surface area contributed by atoms with Crippen molar-refractivity contribution < 1.29 is 19.5 Å². The van der Waals surface area contributed by atoms with E-state index < -0.39 is 29.3 Å². The number of nitrogens with zero attached hydrogens (tertiary/aromatic N) is 1. The van der Waals surface area contributed by atoms with Gasteiger partial charge in [0, 0.05) is 19.0 Å². The molecule has 8 nitrogen and oxygen atoms in total. The molecule has 2 aromatic carbocycles. The maximum atomic E-state index is 12.8. The van der Waals surface area contributed by atoms with E-state index in [2.05, 4.69) is 15.3 Å². The molecular weight excluding hydrogens is 398 g/mol. The molecule has 0 saturated heterocycles. The molecule has 0 saturated carbocycles. The Hall–Kier alpha value is -4.07. The maximum absolute atomic E-state index is 12.8. The van der Waals surface area contributed by atoms with E-state index in [0.717, 1.165) is 17.3 Å². The first kappa shape index (κ1) is 21.6. The van der Waals surface area contributed by atoms with Gasteiger partial charge in [-0.25, -0.2) is 4.98 Å². The second kappa shape index (κ2) is 10.1. The van der Waals surface area contributed by atoms with Crippen LogP contribution in [0.4, 0.5) is 0 Å². The lowest BCUT2D eigenvalue weighted by Gasteiger charge is -2.19. The maximum Gasteiger partial charge on any atom is 0.303 e. The Balaban J connectivity index is 1.79. The summed E-state index contributed by atoms with van der Waals surface area (Å²) in [6, 6.07) is 18.2. The molecule has 0 aliphatic heterocycles. The van der Waals surface area contributed by atoms with Gasteiger partial charge in [0.2, 0.25) is 0 Å². The van der Waals surface area contributed by atoms with Gasteiger partial charge in [0.25, 0.3) is 11.5 Å². The molecule has 0 atom stereocenters. The number of amides is 1. The first-order chi connectivity index (χ1) is 15.0. The number of Topliss-reactive ketones (excluding diaryl/α,β-unsaturated/α-hetero) is 1. The second-order valence-electron chi connectivity index (χ2n) is 6.87. The molecule has 31 heavy (non-hydrogen) atoms. The average Bonchev–Trinajstić information content (AvgIpc) is 2.78. The molecule has 3 N–H and O–H groups in total. The smallest absolute Gasteiger partial charge is 0.303 e. The van der Waals surface area contributed by atoms with Crippen LogP contribution in [0, 0.1) is 0 Å². The van der Waals surface area contributed by atoms with Crippen molar-refractivity contribution in [2.24, 2.45) is 0 Å². The van der Waals surface area contributed by atoms with Crippen molar-refractivity contribution in [3.8, 4) is 0 Å². The van der Waals surface area contributed by atoms with Crippen molar-refractivity contribution in [3.63, 3.8) is 0 Å². The zero-order chi connectivity index (χ0) is 22.2. The summed E-state index contributed by atoms with van der Waals surface area (Å²) < 4.78 is 0. The zero-order valence-electron chi connectivity index (χ0n) is 16.6. The third-order valence-electron chi connectivity index (χ3n) is 4.64. The van der Waals surface area contributed by atoms with E-state index in [4.69, 9.17) is 5.11 Å². The van der Waals surface area contributed by atoms with Crippen molar-refractivity contribution in [3.05, 3.63) is 99.7 Å². The van der Waals surface area contributed by atoms with E-state index >= 15 is 0 Å². The number of H-pyrrole nitrogens is 1. The third-order valence-corrected chi connectivity index (χ3v) is 4.64. The number of aromatic amines is 1. The highest BCUT2D eigenvalue weighted by Gasteiger charge is 2.21. The quantitative estimate of drug-likeness (QED) is 0.457. The van der Waals surface area contributed by atoms with Crippen LogP contribution < -0.4 is 10.9 Å². The van der Waals surface area contributed by atoms with Crippen LogP contribution in [-0.2, 0) is 4.79 Å². The molecule has 0 bridgehead atoms. The Bertz CT molecular complexity index is 1090. The summed E-state index contributed by atoms with van der Waals surface area (Å²) in [5, 5.41) is 11.5. The van der Waals surface area contributed by atoms with Gasteiger partial charge in [0.05, 0.1) is 6.04 Å². The van der Waals surface area contributed by atoms with Crippen molar-refractivity contribution in [1.29, 1.82) is 0 Å². The minimum Gasteiger partial charge on any atom is -0.481 e. The molecule has 1 heterocycles. The van der Waals surface area contributed by atoms with Crippen LogP contribution in [0.5, 0.6) is 0 Å². The highest BCUT2D eigenvalue weighted by molar-refractivity contribution is 5.95. The largest absolute Gasteiger partial charge is 0.481 e. The Morgan fingerprint density at radius 1 is 0.935 bits per heavy atom. The Morgan fingerprint density at radius 2 is 1.52 bits per heavy atom. The number of hydrogen-bond acceptors (Lipinski definition) is 5. The summed E-state index contributed by atoms with van der Waals surface area (Å²) in [6.45, 7) is 0. The number of nitrogens with one attached hydrogen (secondary N) is 2. The summed E-state index contributed by atoms with van der Waals surface area (Å²) in [5.74, 6) is -2.32. The van der Waals surface area contributed by atoms with Crippen LogP contribution in [0.3, 0.4) is 0 Å². The summed E-state index contributed by atoms with van der Waals surface area (Å²) >= 11 is 0. The Labute approximate surface area is 178 Å². The predicted octanol–water partition coefficient (Wildman–Crippen LogP) is 2.73. The monoisotopic (exact) mass is 419 g/mol. The van der Waals surface area contributed by atoms with Gasteiger partial charge < -0.3 is 15.4 Å². The molecule has 3 aromatic rings. The Morgan fingerprint density at radius 3 is 2.03 bits per heavy atom. The normalized spacial score (nSPS) is 10.6. The van der Waals surface area contributed by atoms with Crippen LogP contribution in [0.1, 0.15) is 57.4 Å². The minimum absolute atomic E-state index is 0.0646. The Kier molecular flexibility index (Phi) is 7.05. The molecule has 0 fully saturated rings. The summed E-state index contributed by atoms with van der Waals surface area (Å²) in [4.78, 5) is 54.1. The number of carbonyl (C=O) groups is 3. The van der Waals surface area contributed by atoms with Crippen LogP contribution in [-0.4, -0.2) is 32.7 Å². The number of hydrogen-bond donors (Lipinski definition) is 3. The van der Waals surface area contributed by atoms with E-state index in [1.807, 2.05) is 60.7 Å². The fourth-order valence-corrected chi connectivity index (χ4v) is 3.08. The molecule has 0 radical (unpaired) electrons. The SMILES string of the molecule is O=C(O)CCCC(=O)c1ncc(C(=O)NC(c2ccccc2)c2ccccc2)c(=O)[nH]1. The van der Waals surface area contributed by atoms with Crippen molar-refractivity contribution in [1.82, 2.24) is 15.3 Å². The minimum atomic E-state index is -1.01. The van der Waals surface area contributed by atoms with Crippen LogP contribution in [0.2, 0.25) is 0 Å². The number of carboxylic acids is 1. The van der Waals surface area contributed by atoms with Crippen LogP contribution >= 0.6 is 0 Å². The lowest BCUT2D eigenvalue weighted by Crippen LogP contribution is -2.34. The van der Waals surface area contributed by atoms with E-state index in [1.165, 1.54) is 0 Å². The average molecular weight is 419 g/mol. The fraction of sp³-hybridized carbons (Fsp3) is 0.174. The lowest BCUT2D eigenvalue weighted by molar-refractivity contribution is -0.137. The van der Waals surface area contributed by atoms with Crippen molar-refractivity contribution in [2.75, 3.05) is 0 Å². The number of aliphatic carboxylic acids is 1. The number of carbonyl (C=O) groups excluding carboxylic acids is 2. The molecule has 0 unspecified atom stereocenters. The molecule has 8 heteroatoms. The van der Waals surface area contributed by atoms with E-state index in [-0.39, 0.29) is 30.7 Å². The van der Waals surface area contributed by atoms with Crippen LogP contribution in [0.25, 0.3) is 0 Å². The van der Waals surface area contributed by atoms with Crippen molar-refractivity contribution in [2.45, 2.75) is 25.3 Å². The molecule has 1 amide bonds. The van der Waals surface area contributed by atoms with Crippen LogP contribution in [0.15, 0.2) is 71.7 Å². The van der Waals surface area contributed by atoms with E-state index in [9.17, 15) is 19.2 Å². The van der Waals surface area contributed by atoms with Gasteiger partial charge in [0.1, 0.15) is 5.56 Å². The highest BCUT2D eigenvalue weighted by Crippen LogP contribution is 2.22. The standard InChI is InChI=1S/C23H21N3O5/c27-18(12-7-13-19(28)29)21-24-14-17(23(31)26-21)22(30)25-20(15-8-3-1-4-9-15)16-10-5-2-6-11-16/h1-6,8-11,14,20H,7,12-13H2,(H,25,30)(H,28,29)(H,24,26,31). The predicted molar refractivity (Wildman–Crippen MR) is 113 cm³/mol. The number of carboxylic acid groups (broad SMARTS) is 1. The number of benzene rings is 2. The lowest BCUT2D eigenvalue weighted by atomic mass is 9.98. The third kappa shape index (κ3) is 5.72. The zero-order valence-corrected chi connectivity index (χ0v) is 16.6. The molecule has 1 aromatic heterocycles. The van der Waals surface area contributed by atoms with Gasteiger partial charge in [-0.15, -0.1) is 0 Å². The van der Waals surface area contributed by atoms with Gasteiger partial charge in [0.15, 0.2) is 11.6 Å². The van der Waals surface area contributed by atoms with Gasteiger partial charge in [-0.3, -0.25) is 19.2 Å². The molecule has 0 spiro atoms. The first-order valence-corrected chi connectivity index (χ1v) is 9.71. The molecule has 0 aliphatic carbocycles.